The molecule has 0 aliphatic heterocycles. The molecule has 20 heavy (non-hydrogen) atoms. The maximum absolute atomic E-state index is 12.4. The number of ether oxygens (including phenoxy) is 1. The molecule has 106 valence electrons. The Bertz CT molecular complexity index is 730. The minimum absolute atomic E-state index is 0.114. The molecule has 0 bridgehead atoms. The lowest BCUT2D eigenvalue weighted by Gasteiger charge is -2.06. The predicted octanol–water partition coefficient (Wildman–Crippen LogP) is 1.86. The van der Waals surface area contributed by atoms with Crippen molar-refractivity contribution in [2.24, 2.45) is 0 Å². The van der Waals surface area contributed by atoms with Gasteiger partial charge in [-0.25, -0.2) is 4.98 Å². The second-order valence-electron chi connectivity index (χ2n) is 4.80. The van der Waals surface area contributed by atoms with E-state index in [0.717, 1.165) is 17.3 Å². The summed E-state index contributed by atoms with van der Waals surface area (Å²) >= 11 is 3.41. The predicted molar refractivity (Wildman–Crippen MR) is 76.6 cm³/mol. The number of nitrogens with zero attached hydrogens (tertiary/aromatic N) is 3. The first-order chi connectivity index (χ1) is 9.61. The van der Waals surface area contributed by atoms with Crippen LogP contribution in [0.4, 0.5) is 0 Å². The zero-order valence-corrected chi connectivity index (χ0v) is 12.6. The second kappa shape index (κ2) is 5.05. The lowest BCUT2D eigenvalue weighted by atomic mass is 10.4. The Labute approximate surface area is 123 Å². The molecule has 0 N–H and O–H groups in total. The summed E-state index contributed by atoms with van der Waals surface area (Å²) < 4.78 is 8.87. The van der Waals surface area contributed by atoms with E-state index in [9.17, 15) is 9.59 Å². The number of hydrogen-bond donors (Lipinski definition) is 0. The van der Waals surface area contributed by atoms with E-state index in [1.165, 1.54) is 10.9 Å². The first-order valence-electron chi connectivity index (χ1n) is 6.53. The molecule has 0 amide bonds. The number of esters is 1. The fourth-order valence-corrected chi connectivity index (χ4v) is 2.79. The summed E-state index contributed by atoms with van der Waals surface area (Å²) in [5.41, 5.74) is 0.443. The standard InChI is InChI=1S/C13H14BrN3O3/c1-2-20-10(18)6-16-7-15-12-11(13(16)19)9(14)5-17(12)8-3-4-8/h5,7-8H,2-4,6H2,1H3. The van der Waals surface area contributed by atoms with Crippen LogP contribution in [0.2, 0.25) is 0 Å². The highest BCUT2D eigenvalue weighted by Crippen LogP contribution is 2.38. The zero-order valence-electron chi connectivity index (χ0n) is 11.0. The van der Waals surface area contributed by atoms with Gasteiger partial charge in [0, 0.05) is 12.2 Å². The van der Waals surface area contributed by atoms with Gasteiger partial charge in [0.15, 0.2) is 0 Å². The summed E-state index contributed by atoms with van der Waals surface area (Å²) in [6.07, 6.45) is 5.53. The Balaban J connectivity index is 2.04. The minimum Gasteiger partial charge on any atom is -0.465 e. The van der Waals surface area contributed by atoms with Crippen LogP contribution in [0.1, 0.15) is 25.8 Å². The average molecular weight is 340 g/mol. The third-order valence-electron chi connectivity index (χ3n) is 3.30. The van der Waals surface area contributed by atoms with Crippen molar-refractivity contribution in [1.82, 2.24) is 14.1 Å². The van der Waals surface area contributed by atoms with Gasteiger partial charge >= 0.3 is 5.97 Å². The van der Waals surface area contributed by atoms with E-state index in [4.69, 9.17) is 4.74 Å². The van der Waals surface area contributed by atoms with E-state index in [0.29, 0.717) is 23.7 Å². The normalized spacial score (nSPS) is 14.7. The maximum atomic E-state index is 12.4. The topological polar surface area (TPSA) is 66.1 Å². The van der Waals surface area contributed by atoms with Gasteiger partial charge in [-0.3, -0.25) is 14.2 Å². The van der Waals surface area contributed by atoms with Crippen LogP contribution in [0, 0.1) is 0 Å². The monoisotopic (exact) mass is 339 g/mol. The molecule has 2 heterocycles. The molecule has 2 aromatic rings. The molecule has 3 rings (SSSR count). The van der Waals surface area contributed by atoms with E-state index in [-0.39, 0.29) is 12.1 Å². The number of carbonyl (C=O) groups is 1. The Hall–Kier alpha value is -1.63. The SMILES string of the molecule is CCOC(=O)Cn1cnc2c(c(Br)cn2C2CC2)c1=O. The lowest BCUT2D eigenvalue weighted by Crippen LogP contribution is -2.25. The molecule has 0 unspecified atom stereocenters. The van der Waals surface area contributed by atoms with Gasteiger partial charge < -0.3 is 9.30 Å². The van der Waals surface area contributed by atoms with Crippen LogP contribution in [0.15, 0.2) is 21.8 Å². The fourth-order valence-electron chi connectivity index (χ4n) is 2.22. The van der Waals surface area contributed by atoms with Gasteiger partial charge in [0.2, 0.25) is 0 Å². The molecule has 2 aromatic heterocycles. The average Bonchev–Trinajstić information content (AvgIpc) is 3.18. The van der Waals surface area contributed by atoms with Crippen molar-refractivity contribution in [1.29, 1.82) is 0 Å². The van der Waals surface area contributed by atoms with Gasteiger partial charge in [-0.15, -0.1) is 0 Å². The molecule has 0 atom stereocenters. The van der Waals surface area contributed by atoms with Crippen molar-refractivity contribution in [3.8, 4) is 0 Å². The first-order valence-corrected chi connectivity index (χ1v) is 7.32. The zero-order chi connectivity index (χ0) is 14.3. The van der Waals surface area contributed by atoms with E-state index < -0.39 is 5.97 Å². The highest BCUT2D eigenvalue weighted by atomic mass is 79.9. The number of rotatable bonds is 4. The Kier molecular flexibility index (Phi) is 3.37. The summed E-state index contributed by atoms with van der Waals surface area (Å²) in [6, 6.07) is 0.441. The Morgan fingerprint density at radius 2 is 2.30 bits per heavy atom. The van der Waals surface area contributed by atoms with Crippen LogP contribution >= 0.6 is 15.9 Å². The van der Waals surface area contributed by atoms with Crippen molar-refractivity contribution < 1.29 is 9.53 Å². The van der Waals surface area contributed by atoms with Crippen LogP contribution in [-0.4, -0.2) is 26.7 Å². The summed E-state index contributed by atoms with van der Waals surface area (Å²) in [5, 5.41) is 0.517. The van der Waals surface area contributed by atoms with E-state index >= 15 is 0 Å². The first kappa shape index (κ1) is 13.4. The number of aromatic nitrogens is 3. The van der Waals surface area contributed by atoms with Gasteiger partial charge in [-0.1, -0.05) is 0 Å². The molecule has 1 aliphatic carbocycles. The summed E-state index contributed by atoms with van der Waals surface area (Å²) in [4.78, 5) is 28.2. The Morgan fingerprint density at radius 1 is 1.55 bits per heavy atom. The van der Waals surface area contributed by atoms with Gasteiger partial charge in [-0.2, -0.15) is 0 Å². The third kappa shape index (κ3) is 2.26. The van der Waals surface area contributed by atoms with E-state index in [1.54, 1.807) is 6.92 Å². The maximum Gasteiger partial charge on any atom is 0.326 e. The third-order valence-corrected chi connectivity index (χ3v) is 3.90. The molecule has 0 aromatic carbocycles. The van der Waals surface area contributed by atoms with Crippen LogP contribution in [-0.2, 0) is 16.1 Å². The summed E-state index contributed by atoms with van der Waals surface area (Å²) in [7, 11) is 0. The van der Waals surface area contributed by atoms with Crippen LogP contribution in [0.25, 0.3) is 11.0 Å². The molecule has 1 aliphatic rings. The highest BCUT2D eigenvalue weighted by molar-refractivity contribution is 9.10. The minimum atomic E-state index is -0.437. The molecular weight excluding hydrogens is 326 g/mol. The van der Waals surface area contributed by atoms with Crippen molar-refractivity contribution in [3.63, 3.8) is 0 Å². The van der Waals surface area contributed by atoms with Crippen molar-refractivity contribution in [2.75, 3.05) is 6.61 Å². The number of halogens is 1. The molecule has 0 spiro atoms. The van der Waals surface area contributed by atoms with Crippen LogP contribution in [0.5, 0.6) is 0 Å². The summed E-state index contributed by atoms with van der Waals surface area (Å²) in [6.45, 7) is 1.91. The number of carbonyl (C=O) groups excluding carboxylic acids is 1. The number of fused-ring (bicyclic) bond motifs is 1. The smallest absolute Gasteiger partial charge is 0.326 e. The van der Waals surface area contributed by atoms with E-state index in [1.807, 2.05) is 10.8 Å². The van der Waals surface area contributed by atoms with Gasteiger partial charge in [0.1, 0.15) is 18.5 Å². The van der Waals surface area contributed by atoms with Crippen LogP contribution in [0.3, 0.4) is 0 Å². The highest BCUT2D eigenvalue weighted by Gasteiger charge is 2.27. The molecular formula is C13H14BrN3O3. The van der Waals surface area contributed by atoms with E-state index in [2.05, 4.69) is 20.9 Å². The van der Waals surface area contributed by atoms with Gasteiger partial charge in [0.25, 0.3) is 5.56 Å². The molecule has 1 saturated carbocycles. The van der Waals surface area contributed by atoms with Crippen molar-refractivity contribution in [2.45, 2.75) is 32.4 Å². The molecule has 0 saturated heterocycles. The quantitative estimate of drug-likeness (QED) is 0.797. The molecule has 6 nitrogen and oxygen atoms in total. The van der Waals surface area contributed by atoms with Crippen LogP contribution < -0.4 is 5.56 Å². The second-order valence-corrected chi connectivity index (χ2v) is 5.65. The lowest BCUT2D eigenvalue weighted by molar-refractivity contribution is -0.143. The van der Waals surface area contributed by atoms with Gasteiger partial charge in [-0.05, 0) is 35.7 Å². The van der Waals surface area contributed by atoms with Crippen molar-refractivity contribution >= 4 is 32.9 Å². The number of hydrogen-bond acceptors (Lipinski definition) is 4. The molecule has 7 heteroatoms. The summed E-state index contributed by atoms with van der Waals surface area (Å²) in [5.74, 6) is -0.437. The Morgan fingerprint density at radius 3 is 2.95 bits per heavy atom. The van der Waals surface area contributed by atoms with Crippen molar-refractivity contribution in [3.05, 3.63) is 27.4 Å². The molecule has 0 radical (unpaired) electrons. The molecule has 1 fully saturated rings. The van der Waals surface area contributed by atoms with Gasteiger partial charge in [0.05, 0.1) is 16.5 Å². The fraction of sp³-hybridized carbons (Fsp3) is 0.462. The largest absolute Gasteiger partial charge is 0.465 e.